The average molecular weight is 540 g/mol. The topological polar surface area (TPSA) is 167 Å². The fraction of sp³-hybridized carbons (Fsp3) is 0.444. The SMILES string of the molecule is CC(C)(N)C(=O)N[C@H](COCc1ccccc1)c1nnnn1CCOc1cccc(C(=O)NCCCCO)c1. The molecule has 3 rings (SSSR count). The van der Waals surface area contributed by atoms with Crippen LogP contribution in [0.5, 0.6) is 5.75 Å². The van der Waals surface area contributed by atoms with Crippen LogP contribution in [-0.2, 0) is 22.7 Å². The first-order chi connectivity index (χ1) is 18.8. The molecule has 3 aromatic rings. The van der Waals surface area contributed by atoms with Crippen molar-refractivity contribution in [2.45, 2.75) is 51.4 Å². The number of nitrogens with two attached hydrogens (primary N) is 1. The van der Waals surface area contributed by atoms with E-state index in [1.807, 2.05) is 30.3 Å². The summed E-state index contributed by atoms with van der Waals surface area (Å²) in [5.74, 6) is 0.347. The minimum Gasteiger partial charge on any atom is -0.492 e. The first-order valence-corrected chi connectivity index (χ1v) is 12.9. The third kappa shape index (κ3) is 9.74. The monoisotopic (exact) mass is 539 g/mol. The van der Waals surface area contributed by atoms with E-state index >= 15 is 0 Å². The fourth-order valence-corrected chi connectivity index (χ4v) is 3.53. The van der Waals surface area contributed by atoms with Crippen LogP contribution in [0.2, 0.25) is 0 Å². The first kappa shape index (κ1) is 29.7. The quantitative estimate of drug-likeness (QED) is 0.197. The maximum Gasteiger partial charge on any atom is 0.251 e. The van der Waals surface area contributed by atoms with Gasteiger partial charge in [0.2, 0.25) is 5.91 Å². The van der Waals surface area contributed by atoms with Crippen LogP contribution in [0.25, 0.3) is 0 Å². The Kier molecular flexibility index (Phi) is 11.3. The lowest BCUT2D eigenvalue weighted by Gasteiger charge is -2.23. The third-order valence-corrected chi connectivity index (χ3v) is 5.70. The Labute approximate surface area is 227 Å². The number of nitrogens with one attached hydrogen (secondary N) is 2. The van der Waals surface area contributed by atoms with Gasteiger partial charge in [-0.3, -0.25) is 9.59 Å². The predicted molar refractivity (Wildman–Crippen MR) is 144 cm³/mol. The lowest BCUT2D eigenvalue weighted by Crippen LogP contribution is -2.51. The van der Waals surface area contributed by atoms with Gasteiger partial charge in [-0.25, -0.2) is 4.68 Å². The van der Waals surface area contributed by atoms with E-state index in [0.29, 0.717) is 43.1 Å². The van der Waals surface area contributed by atoms with Gasteiger partial charge in [-0.05, 0) is 60.9 Å². The summed E-state index contributed by atoms with van der Waals surface area (Å²) in [7, 11) is 0. The molecule has 2 amide bonds. The van der Waals surface area contributed by atoms with E-state index in [-0.39, 0.29) is 38.2 Å². The smallest absolute Gasteiger partial charge is 0.251 e. The first-order valence-electron chi connectivity index (χ1n) is 12.9. The summed E-state index contributed by atoms with van der Waals surface area (Å²) < 4.78 is 13.3. The number of tetrazole rings is 1. The number of rotatable bonds is 16. The molecule has 0 aliphatic carbocycles. The van der Waals surface area contributed by atoms with Crippen LogP contribution >= 0.6 is 0 Å². The van der Waals surface area contributed by atoms with E-state index in [4.69, 9.17) is 20.3 Å². The second-order valence-corrected chi connectivity index (χ2v) is 9.57. The second kappa shape index (κ2) is 14.9. The third-order valence-electron chi connectivity index (χ3n) is 5.70. The number of amides is 2. The molecule has 12 nitrogen and oxygen atoms in total. The number of unbranched alkanes of at least 4 members (excludes halogenated alkanes) is 1. The molecule has 210 valence electrons. The molecule has 12 heteroatoms. The number of aromatic nitrogens is 4. The maximum atomic E-state index is 12.7. The molecule has 1 heterocycles. The number of aliphatic hydroxyl groups excluding tert-OH is 1. The van der Waals surface area contributed by atoms with Crippen LogP contribution in [0.15, 0.2) is 54.6 Å². The highest BCUT2D eigenvalue weighted by molar-refractivity contribution is 5.94. The Morgan fingerprint density at radius 2 is 1.92 bits per heavy atom. The van der Waals surface area contributed by atoms with Crippen LogP contribution in [-0.4, -0.2) is 69.0 Å². The van der Waals surface area contributed by atoms with Crippen molar-refractivity contribution >= 4 is 11.8 Å². The minimum atomic E-state index is -1.10. The number of hydrogen-bond acceptors (Lipinski definition) is 9. The normalized spacial score (nSPS) is 12.1. The van der Waals surface area contributed by atoms with E-state index in [1.165, 1.54) is 4.68 Å². The van der Waals surface area contributed by atoms with Crippen LogP contribution < -0.4 is 21.1 Å². The van der Waals surface area contributed by atoms with Gasteiger partial charge >= 0.3 is 0 Å². The summed E-state index contributed by atoms with van der Waals surface area (Å²) in [6, 6.07) is 15.9. The van der Waals surface area contributed by atoms with Crippen molar-refractivity contribution in [1.82, 2.24) is 30.8 Å². The lowest BCUT2D eigenvalue weighted by atomic mass is 10.1. The summed E-state index contributed by atoms with van der Waals surface area (Å²) in [4.78, 5) is 25.0. The highest BCUT2D eigenvalue weighted by Crippen LogP contribution is 2.16. The number of ether oxygens (including phenoxy) is 2. The predicted octanol–water partition coefficient (Wildman–Crippen LogP) is 1.37. The van der Waals surface area contributed by atoms with E-state index in [1.54, 1.807) is 38.1 Å². The summed E-state index contributed by atoms with van der Waals surface area (Å²) in [6.07, 6.45) is 1.34. The van der Waals surface area contributed by atoms with Gasteiger partial charge in [0.25, 0.3) is 5.91 Å². The van der Waals surface area contributed by atoms with Crippen molar-refractivity contribution in [2.75, 3.05) is 26.4 Å². The molecule has 0 aliphatic heterocycles. The molecule has 1 atom stereocenters. The molecular formula is C27H37N7O5. The van der Waals surface area contributed by atoms with Crippen molar-refractivity contribution in [3.05, 3.63) is 71.5 Å². The number of carbonyl (C=O) groups excluding carboxylic acids is 2. The van der Waals surface area contributed by atoms with Crippen molar-refractivity contribution in [3.8, 4) is 5.75 Å². The maximum absolute atomic E-state index is 12.7. The van der Waals surface area contributed by atoms with Gasteiger partial charge in [-0.2, -0.15) is 0 Å². The Balaban J connectivity index is 1.60. The molecule has 5 N–H and O–H groups in total. The summed E-state index contributed by atoms with van der Waals surface area (Å²) in [5, 5.41) is 26.5. The van der Waals surface area contributed by atoms with Crippen LogP contribution in [0, 0.1) is 0 Å². The van der Waals surface area contributed by atoms with Crippen molar-refractivity contribution in [2.24, 2.45) is 5.73 Å². The zero-order valence-electron chi connectivity index (χ0n) is 22.4. The van der Waals surface area contributed by atoms with Gasteiger partial charge in [-0.1, -0.05) is 36.4 Å². The number of nitrogens with zero attached hydrogens (tertiary/aromatic N) is 4. The Bertz CT molecular complexity index is 1180. The molecule has 39 heavy (non-hydrogen) atoms. The van der Waals surface area contributed by atoms with Crippen molar-refractivity contribution in [1.29, 1.82) is 0 Å². The molecule has 0 spiro atoms. The van der Waals surface area contributed by atoms with Crippen molar-refractivity contribution < 1.29 is 24.2 Å². The Hall–Kier alpha value is -3.87. The summed E-state index contributed by atoms with van der Waals surface area (Å²) >= 11 is 0. The van der Waals surface area contributed by atoms with E-state index in [9.17, 15) is 9.59 Å². The molecule has 0 unspecified atom stereocenters. The fourth-order valence-electron chi connectivity index (χ4n) is 3.53. The number of carbonyl (C=O) groups is 2. The van der Waals surface area contributed by atoms with Crippen LogP contribution in [0.4, 0.5) is 0 Å². The zero-order valence-corrected chi connectivity index (χ0v) is 22.4. The lowest BCUT2D eigenvalue weighted by molar-refractivity contribution is -0.126. The average Bonchev–Trinajstić information content (AvgIpc) is 3.39. The van der Waals surface area contributed by atoms with Gasteiger partial charge in [0, 0.05) is 18.7 Å². The Morgan fingerprint density at radius 1 is 1.13 bits per heavy atom. The second-order valence-electron chi connectivity index (χ2n) is 9.57. The molecule has 0 aliphatic rings. The van der Waals surface area contributed by atoms with Gasteiger partial charge in [-0.15, -0.1) is 5.10 Å². The van der Waals surface area contributed by atoms with Crippen LogP contribution in [0.1, 0.15) is 54.5 Å². The highest BCUT2D eigenvalue weighted by Gasteiger charge is 2.28. The summed E-state index contributed by atoms with van der Waals surface area (Å²) in [6.45, 7) is 4.81. The largest absolute Gasteiger partial charge is 0.492 e. The minimum absolute atomic E-state index is 0.0982. The zero-order chi connectivity index (χ0) is 28.1. The molecule has 0 bridgehead atoms. The molecule has 0 saturated carbocycles. The molecule has 1 aromatic heterocycles. The summed E-state index contributed by atoms with van der Waals surface area (Å²) in [5.41, 5.74) is 6.36. The van der Waals surface area contributed by atoms with E-state index in [2.05, 4.69) is 26.2 Å². The number of hydrogen-bond donors (Lipinski definition) is 4. The molecular weight excluding hydrogens is 502 g/mol. The van der Waals surface area contributed by atoms with E-state index in [0.717, 1.165) is 5.56 Å². The highest BCUT2D eigenvalue weighted by atomic mass is 16.5. The van der Waals surface area contributed by atoms with Crippen molar-refractivity contribution in [3.63, 3.8) is 0 Å². The van der Waals surface area contributed by atoms with E-state index < -0.39 is 11.6 Å². The van der Waals surface area contributed by atoms with Gasteiger partial charge in [0.15, 0.2) is 5.82 Å². The molecule has 0 radical (unpaired) electrons. The molecule has 0 fully saturated rings. The van der Waals surface area contributed by atoms with Gasteiger partial charge in [0.1, 0.15) is 18.4 Å². The number of benzene rings is 2. The van der Waals surface area contributed by atoms with Gasteiger partial charge < -0.3 is 30.9 Å². The molecule has 2 aromatic carbocycles. The number of aliphatic hydroxyl groups is 1. The standard InChI is InChI=1S/C27H37N7O5/c1-27(2,28)26(37)30-23(19-38-18-20-9-4-3-5-10-20)24-31-32-33-34(24)14-16-39-22-12-8-11-21(17-22)25(36)29-13-6-7-15-35/h3-5,8-12,17,23,35H,6-7,13-16,18-19,28H2,1-2H3,(H,29,36)(H,30,37)/t23-/m1/s1. The Morgan fingerprint density at radius 3 is 2.67 bits per heavy atom. The molecule has 0 saturated heterocycles. The van der Waals surface area contributed by atoms with Gasteiger partial charge in [0.05, 0.1) is 25.3 Å². The van der Waals surface area contributed by atoms with Crippen LogP contribution in [0.3, 0.4) is 0 Å².